The zero-order valence-corrected chi connectivity index (χ0v) is 14.6. The zero-order valence-electron chi connectivity index (χ0n) is 14.6. The topological polar surface area (TPSA) is 97.6 Å². The van der Waals surface area contributed by atoms with E-state index in [-0.39, 0.29) is 29.9 Å². The summed E-state index contributed by atoms with van der Waals surface area (Å²) in [6, 6.07) is 5.89. The third kappa shape index (κ3) is 3.76. The van der Waals surface area contributed by atoms with E-state index >= 15 is 0 Å². The van der Waals surface area contributed by atoms with Crippen LogP contribution in [0.1, 0.15) is 36.3 Å². The van der Waals surface area contributed by atoms with Gasteiger partial charge >= 0.3 is 6.09 Å². The number of aromatic nitrogens is 2. The average molecular weight is 374 g/mol. The number of hydrogen-bond acceptors (Lipinski definition) is 6. The highest BCUT2D eigenvalue weighted by molar-refractivity contribution is 5.90. The van der Waals surface area contributed by atoms with Gasteiger partial charge in [-0.1, -0.05) is 11.2 Å². The van der Waals surface area contributed by atoms with Crippen LogP contribution < -0.4 is 5.32 Å². The van der Waals surface area contributed by atoms with Crippen LogP contribution in [-0.2, 0) is 4.74 Å². The van der Waals surface area contributed by atoms with Crippen molar-refractivity contribution in [1.82, 2.24) is 20.4 Å². The minimum Gasteiger partial charge on any atom is -0.448 e. The molecule has 8 nitrogen and oxygen atoms in total. The third-order valence-electron chi connectivity index (χ3n) is 4.97. The van der Waals surface area contributed by atoms with Gasteiger partial charge in [0.1, 0.15) is 12.4 Å². The van der Waals surface area contributed by atoms with E-state index in [0.717, 1.165) is 25.7 Å². The number of nitrogens with one attached hydrogen (secondary N) is 1. The average Bonchev–Trinajstić information content (AvgIpc) is 3.32. The Kier molecular flexibility index (Phi) is 4.74. The number of rotatable bonds is 4. The number of amides is 2. The quantitative estimate of drug-likeness (QED) is 0.882. The van der Waals surface area contributed by atoms with E-state index in [2.05, 4.69) is 15.5 Å². The number of carbonyl (C=O) groups excluding carboxylic acids is 2. The summed E-state index contributed by atoms with van der Waals surface area (Å²) in [4.78, 5) is 29.8. The molecule has 2 amide bonds. The van der Waals surface area contributed by atoms with Crippen molar-refractivity contribution in [1.29, 1.82) is 0 Å². The molecule has 2 heterocycles. The van der Waals surface area contributed by atoms with Crippen LogP contribution >= 0.6 is 0 Å². The highest BCUT2D eigenvalue weighted by atomic mass is 19.1. The van der Waals surface area contributed by atoms with Gasteiger partial charge < -0.3 is 19.5 Å². The highest BCUT2D eigenvalue weighted by Crippen LogP contribution is 2.25. The van der Waals surface area contributed by atoms with E-state index in [1.807, 2.05) is 0 Å². The van der Waals surface area contributed by atoms with Crippen LogP contribution in [0.25, 0.3) is 11.5 Å². The van der Waals surface area contributed by atoms with Crippen molar-refractivity contribution in [2.24, 2.45) is 0 Å². The number of nitrogens with zero attached hydrogens (tertiary/aromatic N) is 3. The van der Waals surface area contributed by atoms with E-state index in [0.29, 0.717) is 18.7 Å². The molecule has 4 rings (SSSR count). The standard InChI is InChI=1S/C18H19FN4O4/c19-12-3-1-2-11(10-12)17-21-15(22-27-17)16(24)20-13-4-6-14(7-5-13)23-8-9-26-18(23)25/h1-3,10,13-14H,4-9H2,(H,20,24). The molecular weight excluding hydrogens is 355 g/mol. The molecule has 27 heavy (non-hydrogen) atoms. The fourth-order valence-corrected chi connectivity index (χ4v) is 3.57. The molecule has 2 aromatic rings. The van der Waals surface area contributed by atoms with Gasteiger partial charge in [0.25, 0.3) is 17.6 Å². The van der Waals surface area contributed by atoms with Crippen LogP contribution in [0.2, 0.25) is 0 Å². The number of carbonyl (C=O) groups is 2. The molecule has 0 bridgehead atoms. The van der Waals surface area contributed by atoms with Gasteiger partial charge in [-0.2, -0.15) is 4.98 Å². The van der Waals surface area contributed by atoms with E-state index in [4.69, 9.17) is 9.26 Å². The largest absolute Gasteiger partial charge is 0.448 e. The first-order valence-electron chi connectivity index (χ1n) is 8.94. The lowest BCUT2D eigenvalue weighted by molar-refractivity contribution is 0.0896. The maximum absolute atomic E-state index is 13.3. The fourth-order valence-electron chi connectivity index (χ4n) is 3.57. The summed E-state index contributed by atoms with van der Waals surface area (Å²) in [6.07, 6.45) is 2.88. The first-order valence-corrected chi connectivity index (χ1v) is 8.94. The van der Waals surface area contributed by atoms with Crippen molar-refractivity contribution in [2.45, 2.75) is 37.8 Å². The Labute approximate surface area is 154 Å². The smallest absolute Gasteiger partial charge is 0.410 e. The zero-order chi connectivity index (χ0) is 18.8. The van der Waals surface area contributed by atoms with Crippen LogP contribution in [0.5, 0.6) is 0 Å². The Morgan fingerprint density at radius 3 is 2.78 bits per heavy atom. The molecule has 0 spiro atoms. The van der Waals surface area contributed by atoms with Gasteiger partial charge in [0.15, 0.2) is 0 Å². The van der Waals surface area contributed by atoms with E-state index < -0.39 is 11.7 Å². The second-order valence-electron chi connectivity index (χ2n) is 6.72. The Morgan fingerprint density at radius 1 is 1.26 bits per heavy atom. The van der Waals surface area contributed by atoms with Gasteiger partial charge in [-0.3, -0.25) is 4.79 Å². The van der Waals surface area contributed by atoms with Gasteiger partial charge in [0, 0.05) is 17.6 Å². The van der Waals surface area contributed by atoms with Crippen molar-refractivity contribution < 1.29 is 23.2 Å². The molecular formula is C18H19FN4O4. The summed E-state index contributed by atoms with van der Waals surface area (Å²) < 4.78 is 23.3. The molecule has 2 aliphatic rings. The van der Waals surface area contributed by atoms with Crippen molar-refractivity contribution in [3.63, 3.8) is 0 Å². The van der Waals surface area contributed by atoms with Gasteiger partial charge in [-0.25, -0.2) is 9.18 Å². The molecule has 1 aliphatic carbocycles. The molecule has 1 aromatic carbocycles. The molecule has 1 saturated heterocycles. The molecule has 9 heteroatoms. The fraction of sp³-hybridized carbons (Fsp3) is 0.444. The van der Waals surface area contributed by atoms with Crippen LogP contribution in [0, 0.1) is 5.82 Å². The van der Waals surface area contributed by atoms with Crippen LogP contribution in [0.3, 0.4) is 0 Å². The van der Waals surface area contributed by atoms with Crippen molar-refractivity contribution in [2.75, 3.05) is 13.2 Å². The van der Waals surface area contributed by atoms with E-state index in [1.165, 1.54) is 18.2 Å². The lowest BCUT2D eigenvalue weighted by Crippen LogP contribution is -2.44. The number of ether oxygens (including phenoxy) is 1. The number of halogens is 1. The highest BCUT2D eigenvalue weighted by Gasteiger charge is 2.33. The summed E-state index contributed by atoms with van der Waals surface area (Å²) >= 11 is 0. The lowest BCUT2D eigenvalue weighted by atomic mass is 9.90. The number of hydrogen-bond donors (Lipinski definition) is 1. The Hall–Kier alpha value is -2.97. The SMILES string of the molecule is O=C(NC1CCC(N2CCOC2=O)CC1)c1noc(-c2cccc(F)c2)n1. The molecule has 1 saturated carbocycles. The summed E-state index contributed by atoms with van der Waals surface area (Å²) in [5.74, 6) is -0.837. The van der Waals surface area contributed by atoms with Crippen molar-refractivity contribution in [3.8, 4) is 11.5 Å². The number of benzene rings is 1. The monoisotopic (exact) mass is 374 g/mol. The molecule has 1 aliphatic heterocycles. The molecule has 0 radical (unpaired) electrons. The van der Waals surface area contributed by atoms with Crippen LogP contribution in [-0.4, -0.2) is 52.3 Å². The molecule has 1 aromatic heterocycles. The minimum absolute atomic E-state index is 0.0107. The van der Waals surface area contributed by atoms with E-state index in [1.54, 1.807) is 11.0 Å². The third-order valence-corrected chi connectivity index (χ3v) is 4.97. The van der Waals surface area contributed by atoms with E-state index in [9.17, 15) is 14.0 Å². The van der Waals surface area contributed by atoms with Crippen molar-refractivity contribution >= 4 is 12.0 Å². The van der Waals surface area contributed by atoms with Crippen molar-refractivity contribution in [3.05, 3.63) is 35.9 Å². The summed E-state index contributed by atoms with van der Waals surface area (Å²) in [5, 5.41) is 6.59. The van der Waals surface area contributed by atoms with Crippen LogP contribution in [0.15, 0.2) is 28.8 Å². The normalized spacial score (nSPS) is 22.6. The first-order chi connectivity index (χ1) is 13.1. The Bertz CT molecular complexity index is 847. The van der Waals surface area contributed by atoms with Gasteiger partial charge in [-0.05, 0) is 43.9 Å². The second kappa shape index (κ2) is 7.34. The predicted octanol–water partition coefficient (Wildman–Crippen LogP) is 2.37. The number of cyclic esters (lactones) is 1. The summed E-state index contributed by atoms with van der Waals surface area (Å²) in [5.41, 5.74) is 0.416. The maximum atomic E-state index is 13.3. The van der Waals surface area contributed by atoms with Gasteiger partial charge in [0.05, 0.1) is 6.54 Å². The molecule has 142 valence electrons. The molecule has 0 atom stereocenters. The Balaban J connectivity index is 1.33. The van der Waals surface area contributed by atoms with Gasteiger partial charge in [0.2, 0.25) is 0 Å². The second-order valence-corrected chi connectivity index (χ2v) is 6.72. The van der Waals surface area contributed by atoms with Gasteiger partial charge in [-0.15, -0.1) is 0 Å². The summed E-state index contributed by atoms with van der Waals surface area (Å²) in [7, 11) is 0. The lowest BCUT2D eigenvalue weighted by Gasteiger charge is -2.33. The predicted molar refractivity (Wildman–Crippen MR) is 91.3 cm³/mol. The molecule has 0 unspecified atom stereocenters. The summed E-state index contributed by atoms with van der Waals surface area (Å²) in [6.45, 7) is 1.08. The Morgan fingerprint density at radius 2 is 2.07 bits per heavy atom. The first kappa shape index (κ1) is 17.4. The molecule has 2 fully saturated rings. The van der Waals surface area contributed by atoms with Crippen LogP contribution in [0.4, 0.5) is 9.18 Å². The minimum atomic E-state index is -0.426. The molecule has 1 N–H and O–H groups in total. The maximum Gasteiger partial charge on any atom is 0.410 e.